The van der Waals surface area contributed by atoms with Crippen molar-refractivity contribution in [2.24, 2.45) is 17.2 Å². The number of phenols is 1. The van der Waals surface area contributed by atoms with Crippen LogP contribution < -0.4 is 17.2 Å². The van der Waals surface area contributed by atoms with Crippen molar-refractivity contribution in [3.63, 3.8) is 0 Å². The molecule has 0 bridgehead atoms. The summed E-state index contributed by atoms with van der Waals surface area (Å²) in [4.78, 5) is 0. The lowest BCUT2D eigenvalue weighted by Crippen LogP contribution is -2.37. The first-order valence-electron chi connectivity index (χ1n) is 7.91. The molecule has 0 unspecified atom stereocenters. The summed E-state index contributed by atoms with van der Waals surface area (Å²) >= 11 is 0. The van der Waals surface area contributed by atoms with E-state index in [0.29, 0.717) is 19.6 Å². The number of nitrogens with two attached hydrogens (primary N) is 3. The van der Waals surface area contributed by atoms with Gasteiger partial charge in [0.15, 0.2) is 0 Å². The lowest BCUT2D eigenvalue weighted by molar-refractivity contribution is 0.426. The van der Waals surface area contributed by atoms with Crippen LogP contribution in [0.2, 0.25) is 0 Å². The fourth-order valence-electron chi connectivity index (χ4n) is 2.58. The van der Waals surface area contributed by atoms with Crippen LogP contribution >= 0.6 is 0 Å². The number of hydrogen-bond donors (Lipinski definition) is 4. The van der Waals surface area contributed by atoms with Crippen LogP contribution in [0, 0.1) is 0 Å². The molecule has 22 heavy (non-hydrogen) atoms. The molecule has 0 fully saturated rings. The molecule has 4 nitrogen and oxygen atoms in total. The first kappa shape index (κ1) is 18.9. The van der Waals surface area contributed by atoms with E-state index in [0.717, 1.165) is 16.7 Å². The summed E-state index contributed by atoms with van der Waals surface area (Å²) in [5.41, 5.74) is 20.2. The van der Waals surface area contributed by atoms with Crippen molar-refractivity contribution in [3.8, 4) is 5.75 Å². The Bertz CT molecular complexity index is 533. The van der Waals surface area contributed by atoms with Gasteiger partial charge in [0.25, 0.3) is 0 Å². The molecule has 0 radical (unpaired) electrons. The normalized spacial score (nSPS) is 13.5. The van der Waals surface area contributed by atoms with Crippen LogP contribution in [0.15, 0.2) is 12.1 Å². The molecule has 1 aromatic rings. The average molecular weight is 307 g/mol. The molecular weight excluding hydrogens is 274 g/mol. The maximum atomic E-state index is 10.6. The number of hydrogen-bond acceptors (Lipinski definition) is 4. The van der Waals surface area contributed by atoms with E-state index in [-0.39, 0.29) is 22.0 Å². The second-order valence-electron chi connectivity index (χ2n) is 8.18. The van der Waals surface area contributed by atoms with Gasteiger partial charge in [-0.3, -0.25) is 0 Å². The number of benzene rings is 1. The van der Waals surface area contributed by atoms with Gasteiger partial charge in [0.1, 0.15) is 5.75 Å². The Hall–Kier alpha value is -1.10. The van der Waals surface area contributed by atoms with Gasteiger partial charge in [-0.15, -0.1) is 0 Å². The van der Waals surface area contributed by atoms with Crippen LogP contribution in [0.4, 0.5) is 0 Å². The number of phenolic OH excluding ortho intramolecular Hbond substituents is 1. The lowest BCUT2D eigenvalue weighted by atomic mass is 9.70. The van der Waals surface area contributed by atoms with Crippen LogP contribution in [-0.2, 0) is 16.2 Å². The summed E-state index contributed by atoms with van der Waals surface area (Å²) in [5, 5.41) is 10.6. The maximum Gasteiger partial charge on any atom is 0.119 e. The van der Waals surface area contributed by atoms with Gasteiger partial charge in [-0.25, -0.2) is 0 Å². The topological polar surface area (TPSA) is 98.3 Å². The minimum Gasteiger partial charge on any atom is -0.508 e. The van der Waals surface area contributed by atoms with Gasteiger partial charge in [0, 0.05) is 41.4 Å². The van der Waals surface area contributed by atoms with E-state index in [1.165, 1.54) is 0 Å². The van der Waals surface area contributed by atoms with Gasteiger partial charge in [-0.1, -0.05) is 47.6 Å². The first-order valence-corrected chi connectivity index (χ1v) is 7.91. The third-order valence-electron chi connectivity index (χ3n) is 4.85. The smallest absolute Gasteiger partial charge is 0.119 e. The molecule has 1 aromatic carbocycles. The summed E-state index contributed by atoms with van der Waals surface area (Å²) in [6, 6.07) is 3.92. The maximum absolute atomic E-state index is 10.6. The summed E-state index contributed by atoms with van der Waals surface area (Å²) in [6.45, 7) is 14.0. The predicted molar refractivity (Wildman–Crippen MR) is 94.3 cm³/mol. The van der Waals surface area contributed by atoms with Crippen LogP contribution in [0.5, 0.6) is 5.75 Å². The Kier molecular flexibility index (Phi) is 5.33. The largest absolute Gasteiger partial charge is 0.508 e. The molecule has 1 rings (SSSR count). The van der Waals surface area contributed by atoms with Crippen LogP contribution in [0.25, 0.3) is 0 Å². The van der Waals surface area contributed by atoms with Crippen molar-refractivity contribution in [2.45, 2.75) is 57.8 Å². The first-order chi connectivity index (χ1) is 9.93. The number of rotatable bonds is 6. The highest BCUT2D eigenvalue weighted by Crippen LogP contribution is 2.40. The Morgan fingerprint density at radius 2 is 1.00 bits per heavy atom. The summed E-state index contributed by atoms with van der Waals surface area (Å²) in [6.07, 6.45) is 0. The highest BCUT2D eigenvalue weighted by Gasteiger charge is 2.33. The molecule has 0 atom stereocenters. The van der Waals surface area contributed by atoms with Crippen LogP contribution in [0.3, 0.4) is 0 Å². The zero-order chi connectivity index (χ0) is 17.3. The van der Waals surface area contributed by atoms with Crippen molar-refractivity contribution in [2.75, 3.05) is 19.6 Å². The average Bonchev–Trinajstić information content (AvgIpc) is 2.46. The van der Waals surface area contributed by atoms with E-state index in [4.69, 9.17) is 17.2 Å². The molecule has 0 saturated heterocycles. The van der Waals surface area contributed by atoms with E-state index < -0.39 is 0 Å². The molecule has 126 valence electrons. The minimum absolute atomic E-state index is 0.200. The molecule has 0 amide bonds. The van der Waals surface area contributed by atoms with E-state index in [2.05, 4.69) is 33.8 Å². The molecule has 0 saturated carbocycles. The Morgan fingerprint density at radius 1 is 0.682 bits per heavy atom. The molecule has 0 aromatic heterocycles. The van der Waals surface area contributed by atoms with Crippen LogP contribution in [-0.4, -0.2) is 24.7 Å². The van der Waals surface area contributed by atoms with Crippen molar-refractivity contribution in [1.29, 1.82) is 0 Å². The number of aromatic hydroxyl groups is 1. The van der Waals surface area contributed by atoms with Crippen molar-refractivity contribution >= 4 is 0 Å². The van der Waals surface area contributed by atoms with Gasteiger partial charge >= 0.3 is 0 Å². The van der Waals surface area contributed by atoms with E-state index >= 15 is 0 Å². The van der Waals surface area contributed by atoms with Gasteiger partial charge in [0.05, 0.1) is 0 Å². The molecule has 0 aliphatic rings. The van der Waals surface area contributed by atoms with Gasteiger partial charge in [-0.2, -0.15) is 0 Å². The monoisotopic (exact) mass is 307 g/mol. The standard InChI is InChI=1S/C18H33N3O/c1-16(2,9-19)12-7-14(18(5,6)11-21)15(22)8-13(12)17(3,4)10-20/h7-8,22H,9-11,19-21H2,1-6H3. The van der Waals surface area contributed by atoms with Gasteiger partial charge in [0.2, 0.25) is 0 Å². The highest BCUT2D eigenvalue weighted by atomic mass is 16.3. The summed E-state index contributed by atoms with van der Waals surface area (Å²) in [5.74, 6) is 0.281. The second-order valence-corrected chi connectivity index (χ2v) is 8.18. The fraction of sp³-hybridized carbons (Fsp3) is 0.667. The molecule has 0 spiro atoms. The predicted octanol–water partition coefficient (Wildman–Crippen LogP) is 2.10. The Balaban J connectivity index is 3.72. The highest BCUT2D eigenvalue weighted by molar-refractivity contribution is 5.50. The van der Waals surface area contributed by atoms with Gasteiger partial charge < -0.3 is 22.3 Å². The lowest BCUT2D eigenvalue weighted by Gasteiger charge is -2.36. The van der Waals surface area contributed by atoms with Gasteiger partial charge in [-0.05, 0) is 17.2 Å². The third kappa shape index (κ3) is 3.45. The van der Waals surface area contributed by atoms with Crippen molar-refractivity contribution < 1.29 is 5.11 Å². The summed E-state index contributed by atoms with van der Waals surface area (Å²) in [7, 11) is 0. The molecule has 4 heteroatoms. The third-order valence-corrected chi connectivity index (χ3v) is 4.85. The SMILES string of the molecule is CC(C)(CN)c1cc(C(C)(C)CN)c(C(C)(C)CN)cc1O. The Labute approximate surface area is 135 Å². The van der Waals surface area contributed by atoms with E-state index in [1.807, 2.05) is 19.9 Å². The molecular formula is C18H33N3O. The molecule has 7 N–H and O–H groups in total. The molecule has 0 aliphatic heterocycles. The molecule has 0 aliphatic carbocycles. The second kappa shape index (κ2) is 6.19. The summed E-state index contributed by atoms with van der Waals surface area (Å²) < 4.78 is 0. The Morgan fingerprint density at radius 3 is 1.36 bits per heavy atom. The van der Waals surface area contributed by atoms with E-state index in [1.54, 1.807) is 0 Å². The quantitative estimate of drug-likeness (QED) is 0.647. The zero-order valence-corrected chi connectivity index (χ0v) is 15.0. The zero-order valence-electron chi connectivity index (χ0n) is 15.0. The van der Waals surface area contributed by atoms with Crippen LogP contribution in [0.1, 0.15) is 58.2 Å². The minimum atomic E-state index is -0.297. The fourth-order valence-corrected chi connectivity index (χ4v) is 2.58. The van der Waals surface area contributed by atoms with Crippen molar-refractivity contribution in [3.05, 3.63) is 28.8 Å². The molecule has 0 heterocycles. The van der Waals surface area contributed by atoms with Crippen molar-refractivity contribution in [1.82, 2.24) is 0 Å². The van der Waals surface area contributed by atoms with E-state index in [9.17, 15) is 5.11 Å².